The highest BCUT2D eigenvalue weighted by Crippen LogP contribution is 2.23. The van der Waals surface area contributed by atoms with Crippen LogP contribution in [-0.2, 0) is 16.6 Å². The van der Waals surface area contributed by atoms with Gasteiger partial charge in [-0.3, -0.25) is 4.90 Å². The summed E-state index contributed by atoms with van der Waals surface area (Å²) in [6, 6.07) is 0. The fourth-order valence-corrected chi connectivity index (χ4v) is 4.32. The van der Waals surface area contributed by atoms with Crippen molar-refractivity contribution in [2.24, 2.45) is 5.92 Å². The summed E-state index contributed by atoms with van der Waals surface area (Å²) in [4.78, 5) is 7.16. The van der Waals surface area contributed by atoms with E-state index in [1.807, 2.05) is 0 Å². The van der Waals surface area contributed by atoms with Gasteiger partial charge in [-0.2, -0.15) is 0 Å². The zero-order valence-electron chi connectivity index (χ0n) is 13.7. The van der Waals surface area contributed by atoms with Crippen molar-refractivity contribution in [1.29, 1.82) is 0 Å². The molecule has 126 valence electrons. The number of aromatic nitrogens is 1. The first kappa shape index (κ1) is 17.8. The number of nitrogens with one attached hydrogen (secondary N) is 1. The third-order valence-electron chi connectivity index (χ3n) is 4.04. The van der Waals surface area contributed by atoms with Gasteiger partial charge >= 0.3 is 0 Å². The predicted octanol–water partition coefficient (Wildman–Crippen LogP) is 2.42. The molecule has 1 aromatic heterocycles. The van der Waals surface area contributed by atoms with Gasteiger partial charge in [0.2, 0.25) is 10.0 Å². The molecule has 1 saturated heterocycles. The molecule has 0 bridgehead atoms. The minimum Gasteiger partial charge on any atom is -0.296 e. The third-order valence-corrected chi connectivity index (χ3v) is 5.62. The molecule has 0 amide bonds. The van der Waals surface area contributed by atoms with Gasteiger partial charge in [0.25, 0.3) is 0 Å². The summed E-state index contributed by atoms with van der Waals surface area (Å²) in [5.74, 6) is 1.06. The minimum absolute atomic E-state index is 0.487. The second-order valence-corrected chi connectivity index (χ2v) is 9.30. The molecular weight excluding hydrogens is 318 g/mol. The maximum Gasteiger partial charge on any atom is 0.208 e. The molecule has 1 N–H and O–H groups in total. The van der Waals surface area contributed by atoms with Gasteiger partial charge in [0, 0.05) is 18.5 Å². The summed E-state index contributed by atoms with van der Waals surface area (Å²) in [7, 11) is -3.06. The summed E-state index contributed by atoms with van der Waals surface area (Å²) < 4.78 is 24.8. The number of thiazole rings is 1. The number of rotatable bonds is 7. The summed E-state index contributed by atoms with van der Waals surface area (Å²) in [6.45, 7) is 7.98. The van der Waals surface area contributed by atoms with E-state index in [1.165, 1.54) is 29.8 Å². The average Bonchev–Trinajstić information content (AvgIpc) is 2.86. The molecule has 0 saturated carbocycles. The molecule has 0 aromatic carbocycles. The highest BCUT2D eigenvalue weighted by molar-refractivity contribution is 7.88. The Bertz CT molecular complexity index is 569. The van der Waals surface area contributed by atoms with Crippen LogP contribution in [-0.4, -0.2) is 44.2 Å². The van der Waals surface area contributed by atoms with Crippen molar-refractivity contribution >= 4 is 21.4 Å². The summed E-state index contributed by atoms with van der Waals surface area (Å²) in [5.41, 5.74) is 1.19. The molecule has 0 spiro atoms. The van der Waals surface area contributed by atoms with Gasteiger partial charge < -0.3 is 0 Å². The second-order valence-electron chi connectivity index (χ2n) is 6.52. The van der Waals surface area contributed by atoms with Gasteiger partial charge in [-0.25, -0.2) is 18.1 Å². The van der Waals surface area contributed by atoms with E-state index in [-0.39, 0.29) is 0 Å². The van der Waals surface area contributed by atoms with Crippen molar-refractivity contribution in [3.8, 4) is 0 Å². The Morgan fingerprint density at radius 2 is 2.27 bits per heavy atom. The van der Waals surface area contributed by atoms with E-state index in [9.17, 15) is 8.42 Å². The standard InChI is InChI=1S/C15H27N3O2S2/c1-12(2)14-11-21-15(17-14)10-18-8-4-5-13(9-18)6-7-16-22(3,19)20/h11-13,16H,4-10H2,1-3H3/t13-/m1/s1. The maximum atomic E-state index is 11.1. The van der Waals surface area contributed by atoms with Gasteiger partial charge in [0.05, 0.1) is 18.5 Å². The number of nitrogens with zero attached hydrogens (tertiary/aromatic N) is 2. The molecule has 0 aliphatic carbocycles. The molecule has 0 unspecified atom stereocenters. The second kappa shape index (κ2) is 7.86. The molecule has 1 atom stereocenters. The first-order valence-corrected chi connectivity index (χ1v) is 10.7. The highest BCUT2D eigenvalue weighted by atomic mass is 32.2. The van der Waals surface area contributed by atoms with Gasteiger partial charge in [0.15, 0.2) is 0 Å². The van der Waals surface area contributed by atoms with Crippen molar-refractivity contribution in [1.82, 2.24) is 14.6 Å². The van der Waals surface area contributed by atoms with E-state index >= 15 is 0 Å². The first-order valence-electron chi connectivity index (χ1n) is 7.95. The van der Waals surface area contributed by atoms with Crippen molar-refractivity contribution < 1.29 is 8.42 Å². The Hall–Kier alpha value is -0.500. The van der Waals surface area contributed by atoms with Crippen LogP contribution in [0.4, 0.5) is 0 Å². The van der Waals surface area contributed by atoms with Crippen LogP contribution in [0.25, 0.3) is 0 Å². The fourth-order valence-electron chi connectivity index (χ4n) is 2.83. The summed E-state index contributed by atoms with van der Waals surface area (Å²) in [6.07, 6.45) is 4.51. The largest absolute Gasteiger partial charge is 0.296 e. The average molecular weight is 346 g/mol. The number of piperidine rings is 1. The zero-order chi connectivity index (χ0) is 16.2. The Labute approximate surface area is 138 Å². The van der Waals surface area contributed by atoms with E-state index in [4.69, 9.17) is 4.98 Å². The lowest BCUT2D eigenvalue weighted by Crippen LogP contribution is -2.36. The lowest BCUT2D eigenvalue weighted by Gasteiger charge is -2.32. The number of sulfonamides is 1. The van der Waals surface area contributed by atoms with Gasteiger partial charge in [0.1, 0.15) is 5.01 Å². The Morgan fingerprint density at radius 3 is 2.91 bits per heavy atom. The molecule has 1 aliphatic heterocycles. The van der Waals surface area contributed by atoms with E-state index in [1.54, 1.807) is 11.3 Å². The van der Waals surface area contributed by atoms with E-state index in [2.05, 4.69) is 28.8 Å². The molecule has 1 fully saturated rings. The lowest BCUT2D eigenvalue weighted by atomic mass is 9.95. The first-order chi connectivity index (χ1) is 10.3. The molecule has 2 heterocycles. The third kappa shape index (κ3) is 5.95. The predicted molar refractivity (Wildman–Crippen MR) is 91.7 cm³/mol. The molecule has 5 nitrogen and oxygen atoms in total. The topological polar surface area (TPSA) is 62.3 Å². The normalized spacial score (nSPS) is 20.6. The van der Waals surface area contributed by atoms with Crippen LogP contribution < -0.4 is 4.72 Å². The monoisotopic (exact) mass is 345 g/mol. The van der Waals surface area contributed by atoms with E-state index < -0.39 is 10.0 Å². The Morgan fingerprint density at radius 1 is 1.50 bits per heavy atom. The van der Waals surface area contributed by atoms with Crippen LogP contribution in [0.15, 0.2) is 5.38 Å². The minimum atomic E-state index is -3.06. The quantitative estimate of drug-likeness (QED) is 0.824. The summed E-state index contributed by atoms with van der Waals surface area (Å²) in [5, 5.41) is 3.36. The van der Waals surface area contributed by atoms with Gasteiger partial charge in [-0.1, -0.05) is 13.8 Å². The number of hydrogen-bond donors (Lipinski definition) is 1. The van der Waals surface area contributed by atoms with Crippen molar-refractivity contribution in [3.63, 3.8) is 0 Å². The van der Waals surface area contributed by atoms with Crippen LogP contribution in [0.5, 0.6) is 0 Å². The van der Waals surface area contributed by atoms with Crippen molar-refractivity contribution in [3.05, 3.63) is 16.1 Å². The van der Waals surface area contributed by atoms with Crippen molar-refractivity contribution in [2.45, 2.75) is 45.6 Å². The summed E-state index contributed by atoms with van der Waals surface area (Å²) >= 11 is 1.75. The molecule has 2 rings (SSSR count). The zero-order valence-corrected chi connectivity index (χ0v) is 15.3. The smallest absolute Gasteiger partial charge is 0.208 e. The maximum absolute atomic E-state index is 11.1. The number of likely N-dealkylation sites (tertiary alicyclic amines) is 1. The van der Waals surface area contributed by atoms with Crippen molar-refractivity contribution in [2.75, 3.05) is 25.9 Å². The van der Waals surface area contributed by atoms with Crippen LogP contribution in [0, 0.1) is 5.92 Å². The van der Waals surface area contributed by atoms with E-state index in [0.29, 0.717) is 18.4 Å². The van der Waals surface area contributed by atoms with E-state index in [0.717, 1.165) is 26.1 Å². The molecule has 1 aromatic rings. The molecular formula is C15H27N3O2S2. The number of hydrogen-bond acceptors (Lipinski definition) is 5. The fraction of sp³-hybridized carbons (Fsp3) is 0.800. The molecule has 0 radical (unpaired) electrons. The molecule has 22 heavy (non-hydrogen) atoms. The van der Waals surface area contributed by atoms with Gasteiger partial charge in [-0.15, -0.1) is 11.3 Å². The van der Waals surface area contributed by atoms with Gasteiger partial charge in [-0.05, 0) is 37.6 Å². The highest BCUT2D eigenvalue weighted by Gasteiger charge is 2.21. The molecule has 7 heteroatoms. The Kier molecular flexibility index (Phi) is 6.37. The lowest BCUT2D eigenvalue weighted by molar-refractivity contribution is 0.162. The molecule has 1 aliphatic rings. The Balaban J connectivity index is 1.79. The SMILES string of the molecule is CC(C)c1csc(CN2CCC[C@H](CCNS(C)(=O)=O)C2)n1. The van der Waals surface area contributed by atoms with Crippen LogP contribution >= 0.6 is 11.3 Å². The van der Waals surface area contributed by atoms with Crippen LogP contribution in [0.2, 0.25) is 0 Å². The van der Waals surface area contributed by atoms with Crippen LogP contribution in [0.1, 0.15) is 49.7 Å². The van der Waals surface area contributed by atoms with Crippen LogP contribution in [0.3, 0.4) is 0 Å².